The maximum absolute atomic E-state index is 14.6. The standard InChI is InChI=1S/C48H67N3O12/c1-11-38-48(8)36(22-40(53)63-48)29(4)41(54)27(2)23-47(7)44(62-46-42(55)37(51(9)10)20-28(3)60-46)30(5)43(31(6)45(56)61-38)57-24-35(25-58-47)50-59-26-39(52)49-34-19-15-18-33(21-34)32-16-13-12-14-17-32/h12-19,21,27-31,36-38,42-44,46,55H,11,20,22-26H2,1-10H3,(H,49,52)/b50-35-/t27-,28-,29-,30+,31-,36+,37+,38-,42-,43+,44-,46+,47-,48+/m1/s1. The van der Waals surface area contributed by atoms with Gasteiger partial charge in [-0.2, -0.15) is 0 Å². The molecular weight excluding hydrogens is 811 g/mol. The molecule has 4 aliphatic rings. The second-order valence-electron chi connectivity index (χ2n) is 18.7. The Balaban J connectivity index is 1.33. The largest absolute Gasteiger partial charge is 0.458 e. The van der Waals surface area contributed by atoms with Crippen LogP contribution < -0.4 is 5.32 Å². The van der Waals surface area contributed by atoms with E-state index in [4.69, 9.17) is 33.3 Å². The molecule has 0 saturated carbocycles. The van der Waals surface area contributed by atoms with E-state index in [1.165, 1.54) is 0 Å². The number of oxime groups is 1. The third kappa shape index (κ3) is 10.8. The summed E-state index contributed by atoms with van der Waals surface area (Å²) in [5.41, 5.74) is 0.276. The lowest BCUT2D eigenvalue weighted by molar-refractivity contribution is -0.302. The van der Waals surface area contributed by atoms with E-state index >= 15 is 0 Å². The van der Waals surface area contributed by atoms with Crippen LogP contribution in [0.15, 0.2) is 59.8 Å². The lowest BCUT2D eigenvalue weighted by Gasteiger charge is -2.48. The first-order valence-electron chi connectivity index (χ1n) is 22.3. The van der Waals surface area contributed by atoms with E-state index in [9.17, 15) is 24.3 Å². The van der Waals surface area contributed by atoms with Gasteiger partial charge in [-0.05, 0) is 84.3 Å². The molecule has 63 heavy (non-hydrogen) atoms. The molecule has 1 amide bonds. The second-order valence-corrected chi connectivity index (χ2v) is 18.7. The number of anilines is 1. The van der Waals surface area contributed by atoms with Crippen LogP contribution in [0.5, 0.6) is 0 Å². The molecule has 4 fully saturated rings. The predicted octanol–water partition coefficient (Wildman–Crippen LogP) is 5.81. The third-order valence-electron chi connectivity index (χ3n) is 13.6. The molecule has 4 aliphatic heterocycles. The fraction of sp³-hybridized carbons (Fsp3) is 0.646. The summed E-state index contributed by atoms with van der Waals surface area (Å²) in [6.07, 6.45) is -4.05. The Hall–Kier alpha value is -4.25. The number of benzene rings is 2. The number of rotatable bonds is 9. The summed E-state index contributed by atoms with van der Waals surface area (Å²) < 4.78 is 38.9. The maximum atomic E-state index is 14.6. The fourth-order valence-corrected chi connectivity index (χ4v) is 10.2. The summed E-state index contributed by atoms with van der Waals surface area (Å²) in [6.45, 7) is 13.9. The summed E-state index contributed by atoms with van der Waals surface area (Å²) in [6, 6.07) is 17.0. The van der Waals surface area contributed by atoms with Crippen LogP contribution in [0.4, 0.5) is 5.69 Å². The number of esters is 2. The fourth-order valence-electron chi connectivity index (χ4n) is 10.2. The molecule has 0 unspecified atom stereocenters. The molecule has 2 N–H and O–H groups in total. The van der Waals surface area contributed by atoms with Crippen molar-refractivity contribution in [1.82, 2.24) is 4.90 Å². The summed E-state index contributed by atoms with van der Waals surface area (Å²) in [5.74, 6) is -4.99. The summed E-state index contributed by atoms with van der Waals surface area (Å²) >= 11 is 0. The van der Waals surface area contributed by atoms with Crippen LogP contribution in [0.25, 0.3) is 11.1 Å². The summed E-state index contributed by atoms with van der Waals surface area (Å²) in [4.78, 5) is 62.6. The Morgan fingerprint density at radius 1 is 0.968 bits per heavy atom. The molecule has 15 nitrogen and oxygen atoms in total. The van der Waals surface area contributed by atoms with Gasteiger partial charge in [-0.25, -0.2) is 0 Å². The first-order chi connectivity index (χ1) is 29.8. The molecule has 346 valence electrons. The number of cyclic esters (lactones) is 1. The van der Waals surface area contributed by atoms with E-state index in [-0.39, 0.29) is 49.7 Å². The van der Waals surface area contributed by atoms with Gasteiger partial charge in [-0.3, -0.25) is 19.2 Å². The second kappa shape index (κ2) is 20.3. The molecule has 6 rings (SSSR count). The monoisotopic (exact) mass is 877 g/mol. The molecule has 15 heteroatoms. The molecular formula is C48H67N3O12. The number of likely N-dealkylation sites (N-methyl/N-ethyl adjacent to an activating group) is 1. The van der Waals surface area contributed by atoms with Crippen molar-refractivity contribution in [2.24, 2.45) is 34.7 Å². The van der Waals surface area contributed by atoms with Crippen molar-refractivity contribution in [2.45, 2.75) is 135 Å². The van der Waals surface area contributed by atoms with E-state index in [1.54, 1.807) is 26.8 Å². The zero-order chi connectivity index (χ0) is 45.8. The SMILES string of the molecule is CC[C@H]1OC(=O)[C@H](C)[C@H]2OC/C(=N/OCC(=O)Nc3cccc(-c4ccccc4)c3)CO[C@](C)(C[C@@H](C)C(=O)[C@H](C)[C@@H]3CC(=O)O[C@]13C)[C@H](O[C@@H]1O[C@H](C)C[C@H](N(C)C)[C@H]1O)[C@H]2C. The number of hydrogen-bond acceptors (Lipinski definition) is 14. The highest BCUT2D eigenvalue weighted by Gasteiger charge is 2.57. The Kier molecular flexibility index (Phi) is 15.5. The van der Waals surface area contributed by atoms with Gasteiger partial charge in [0.25, 0.3) is 5.91 Å². The van der Waals surface area contributed by atoms with Gasteiger partial charge >= 0.3 is 11.9 Å². The minimum atomic E-state index is -1.30. The molecule has 14 atom stereocenters. The van der Waals surface area contributed by atoms with Crippen molar-refractivity contribution in [3.8, 4) is 11.1 Å². The van der Waals surface area contributed by atoms with Crippen LogP contribution in [0.2, 0.25) is 0 Å². The Morgan fingerprint density at radius 2 is 1.68 bits per heavy atom. The van der Waals surface area contributed by atoms with Gasteiger partial charge in [0, 0.05) is 35.4 Å². The van der Waals surface area contributed by atoms with Gasteiger partial charge in [-0.15, -0.1) is 0 Å². The Bertz CT molecular complexity index is 1960. The van der Waals surface area contributed by atoms with E-state index in [2.05, 4.69) is 10.5 Å². The normalized spacial score (nSPS) is 37.5. The van der Waals surface area contributed by atoms with Gasteiger partial charge in [0.2, 0.25) is 0 Å². The Morgan fingerprint density at radius 3 is 2.38 bits per heavy atom. The van der Waals surface area contributed by atoms with Gasteiger partial charge in [0.05, 0.1) is 49.5 Å². The van der Waals surface area contributed by atoms with E-state index in [1.807, 2.05) is 102 Å². The number of ether oxygens (including phenoxy) is 6. The van der Waals surface area contributed by atoms with Crippen molar-refractivity contribution >= 4 is 35.0 Å². The third-order valence-corrected chi connectivity index (χ3v) is 13.6. The maximum Gasteiger partial charge on any atom is 0.311 e. The van der Waals surface area contributed by atoms with Crippen LogP contribution >= 0.6 is 0 Å². The predicted molar refractivity (Wildman–Crippen MR) is 234 cm³/mol. The minimum absolute atomic E-state index is 0.00204. The van der Waals surface area contributed by atoms with Crippen LogP contribution in [-0.2, 0) is 52.4 Å². The number of nitrogens with zero attached hydrogens (tertiary/aromatic N) is 2. The van der Waals surface area contributed by atoms with Crippen LogP contribution in [-0.4, -0.2) is 127 Å². The number of carbonyl (C=O) groups is 4. The van der Waals surface area contributed by atoms with Crippen molar-refractivity contribution in [1.29, 1.82) is 0 Å². The zero-order valence-corrected chi connectivity index (χ0v) is 38.4. The minimum Gasteiger partial charge on any atom is -0.458 e. The number of hydrogen-bond donors (Lipinski definition) is 2. The Labute approximate surface area is 371 Å². The smallest absolute Gasteiger partial charge is 0.311 e. The van der Waals surface area contributed by atoms with Crippen LogP contribution in [0.3, 0.4) is 0 Å². The highest BCUT2D eigenvalue weighted by molar-refractivity contribution is 5.92. The number of carbonyl (C=O) groups excluding carboxylic acids is 4. The quantitative estimate of drug-likeness (QED) is 0.228. The van der Waals surface area contributed by atoms with Gasteiger partial charge < -0.3 is 48.6 Å². The lowest BCUT2D eigenvalue weighted by Crippen LogP contribution is -2.60. The molecule has 0 spiro atoms. The lowest BCUT2D eigenvalue weighted by atomic mass is 9.70. The highest BCUT2D eigenvalue weighted by atomic mass is 16.7. The number of amides is 1. The number of ketones is 1. The van der Waals surface area contributed by atoms with Gasteiger partial charge in [0.15, 0.2) is 12.9 Å². The summed E-state index contributed by atoms with van der Waals surface area (Å²) in [7, 11) is 3.78. The number of aliphatic hydroxyl groups is 1. The average Bonchev–Trinajstić information content (AvgIpc) is 3.58. The highest BCUT2D eigenvalue weighted by Crippen LogP contribution is 2.46. The van der Waals surface area contributed by atoms with Crippen LogP contribution in [0.1, 0.15) is 81.1 Å². The molecule has 0 aromatic heterocycles. The first kappa shape index (κ1) is 48.2. The average molecular weight is 878 g/mol. The van der Waals surface area contributed by atoms with Crippen molar-refractivity contribution in [3.63, 3.8) is 0 Å². The van der Waals surface area contributed by atoms with Crippen molar-refractivity contribution in [3.05, 3.63) is 54.6 Å². The van der Waals surface area contributed by atoms with Gasteiger partial charge in [-0.1, -0.05) is 75.3 Å². The van der Waals surface area contributed by atoms with Gasteiger partial charge in [0.1, 0.15) is 29.3 Å². The number of fused-ring (bicyclic) bond motifs is 4. The summed E-state index contributed by atoms with van der Waals surface area (Å²) in [5, 5.41) is 18.9. The first-order valence-corrected chi connectivity index (χ1v) is 22.3. The zero-order valence-electron chi connectivity index (χ0n) is 38.4. The molecule has 2 aromatic carbocycles. The molecule has 2 bridgehead atoms. The number of Topliss-reactive ketones (excluding diaryl/α,β-unsaturated/α-hetero) is 1. The number of aliphatic hydroxyl groups excluding tert-OH is 1. The van der Waals surface area contributed by atoms with Crippen molar-refractivity contribution in [2.75, 3.05) is 39.2 Å². The van der Waals surface area contributed by atoms with E-state index in [0.29, 0.717) is 18.5 Å². The molecule has 4 saturated heterocycles. The van der Waals surface area contributed by atoms with E-state index in [0.717, 1.165) is 11.1 Å². The van der Waals surface area contributed by atoms with Crippen LogP contribution in [0, 0.1) is 29.6 Å². The molecule has 2 aromatic rings. The topological polar surface area (TPSA) is 181 Å². The molecule has 0 radical (unpaired) electrons. The van der Waals surface area contributed by atoms with Crippen molar-refractivity contribution < 1.29 is 57.5 Å². The molecule has 4 heterocycles. The number of nitrogens with one attached hydrogen (secondary N) is 1. The van der Waals surface area contributed by atoms with E-state index < -0.39 is 96.0 Å². The molecule has 0 aliphatic carbocycles.